The zero-order chi connectivity index (χ0) is 62.6. The van der Waals surface area contributed by atoms with Crippen LogP contribution in [0.25, 0.3) is 0 Å². The Morgan fingerprint density at radius 1 is 0.360 bits per heavy atom. The van der Waals surface area contributed by atoms with Gasteiger partial charge in [-0.1, -0.05) is 351 Å². The van der Waals surface area contributed by atoms with Crippen molar-refractivity contribution in [1.29, 1.82) is 0 Å². The van der Waals surface area contributed by atoms with E-state index in [2.05, 4.69) is 62.5 Å². The van der Waals surface area contributed by atoms with E-state index in [-0.39, 0.29) is 32.2 Å². The second-order valence-corrected chi connectivity index (χ2v) is 26.6. The van der Waals surface area contributed by atoms with Crippen LogP contribution in [-0.2, 0) is 33.3 Å². The third-order valence-electron chi connectivity index (χ3n) is 16.8. The summed E-state index contributed by atoms with van der Waals surface area (Å²) in [7, 11) is 5.94. The monoisotopic (exact) mass is 1210 g/mol. The molecule has 0 aliphatic carbocycles. The number of unbranched alkanes of at least 4 members (excludes halogenated alkanes) is 47. The molecule has 0 rings (SSSR count). The van der Waals surface area contributed by atoms with E-state index in [0.29, 0.717) is 23.9 Å². The molecule has 0 N–H and O–H groups in total. The van der Waals surface area contributed by atoms with Crippen molar-refractivity contribution in [2.75, 3.05) is 47.5 Å². The Bertz CT molecular complexity index is 1550. The van der Waals surface area contributed by atoms with E-state index >= 15 is 0 Å². The molecule has 0 aliphatic heterocycles. The normalized spacial score (nSPS) is 12.9. The lowest BCUT2D eigenvalue weighted by atomic mass is 10.0. The fourth-order valence-corrected chi connectivity index (χ4v) is 11.2. The van der Waals surface area contributed by atoms with Crippen molar-refractivity contribution in [3.8, 4) is 0 Å². The SMILES string of the molecule is CC/C=C\C/C=C\C/C=C\C/C=C\CCCCCCCCCCCCCCC(=O)OC(COC(=O)CCCCCCCCCCCCCCCCCCCCCCCCCCCCCCCCCCCCCC)COC(OCC[N+](C)(C)C)C(=O)[O-]. The number of nitrogens with zero attached hydrogens (tertiary/aromatic N) is 1. The van der Waals surface area contributed by atoms with Gasteiger partial charge in [0.15, 0.2) is 12.4 Å². The van der Waals surface area contributed by atoms with Gasteiger partial charge in [-0.25, -0.2) is 0 Å². The maximum Gasteiger partial charge on any atom is 0.306 e. The van der Waals surface area contributed by atoms with Crippen molar-refractivity contribution in [3.05, 3.63) is 48.6 Å². The summed E-state index contributed by atoms with van der Waals surface area (Å²) in [4.78, 5) is 37.5. The van der Waals surface area contributed by atoms with E-state index in [1.807, 2.05) is 21.1 Å². The fourth-order valence-electron chi connectivity index (χ4n) is 11.2. The lowest BCUT2D eigenvalue weighted by Crippen LogP contribution is -2.44. The predicted molar refractivity (Wildman–Crippen MR) is 366 cm³/mol. The number of esters is 2. The first-order valence-corrected chi connectivity index (χ1v) is 37.3. The molecule has 0 aromatic rings. The molecular formula is C77H143NO8. The Morgan fingerprint density at radius 3 is 0.988 bits per heavy atom. The van der Waals surface area contributed by atoms with Gasteiger partial charge < -0.3 is 33.3 Å². The molecule has 0 aliphatic rings. The van der Waals surface area contributed by atoms with Crippen LogP contribution in [0.1, 0.15) is 367 Å². The molecule has 2 atom stereocenters. The lowest BCUT2D eigenvalue weighted by molar-refractivity contribution is -0.870. The average Bonchev–Trinajstić information content (AvgIpc) is 3.63. The van der Waals surface area contributed by atoms with Crippen molar-refractivity contribution < 1.29 is 42.9 Å². The number of carboxylic acids is 1. The summed E-state index contributed by atoms with van der Waals surface area (Å²) >= 11 is 0. The number of carbonyl (C=O) groups is 3. The molecule has 504 valence electrons. The zero-order valence-corrected chi connectivity index (χ0v) is 57.7. The van der Waals surface area contributed by atoms with E-state index in [9.17, 15) is 19.5 Å². The smallest absolute Gasteiger partial charge is 0.306 e. The largest absolute Gasteiger partial charge is 0.545 e. The van der Waals surface area contributed by atoms with Crippen LogP contribution in [0, 0.1) is 0 Å². The highest BCUT2D eigenvalue weighted by molar-refractivity contribution is 5.70. The van der Waals surface area contributed by atoms with Crippen molar-refractivity contribution in [3.63, 3.8) is 0 Å². The van der Waals surface area contributed by atoms with Crippen LogP contribution in [0.15, 0.2) is 48.6 Å². The quantitative estimate of drug-likeness (QED) is 0.0195. The number of aliphatic carboxylic acids is 1. The first-order chi connectivity index (χ1) is 42.1. The molecule has 86 heavy (non-hydrogen) atoms. The van der Waals surface area contributed by atoms with E-state index in [0.717, 1.165) is 64.2 Å². The number of hydrogen-bond donors (Lipinski definition) is 0. The molecule has 0 aromatic heterocycles. The fraction of sp³-hybridized carbons (Fsp3) is 0.857. The van der Waals surface area contributed by atoms with Gasteiger partial charge in [0.2, 0.25) is 0 Å². The van der Waals surface area contributed by atoms with Crippen molar-refractivity contribution in [1.82, 2.24) is 0 Å². The molecular weight excluding hydrogens is 1070 g/mol. The molecule has 0 heterocycles. The number of carboxylic acid groups (broad SMARTS) is 1. The Hall–Kier alpha value is -2.75. The van der Waals surface area contributed by atoms with E-state index < -0.39 is 24.3 Å². The minimum atomic E-state index is -1.62. The summed E-state index contributed by atoms with van der Waals surface area (Å²) in [6.45, 7) is 4.70. The Balaban J connectivity index is 3.99. The standard InChI is InChI=1S/C77H143NO8/c1-6-8-10-12-14-16-18-20-22-24-26-28-30-32-33-34-35-36-37-38-39-40-41-42-44-45-47-49-51-53-55-57-59-61-63-65-67-74(79)84-71-73(72-85-77(76(81)82)83-70-69-78(3,4)5)86-75(80)68-66-64-62-60-58-56-54-52-50-48-46-43-31-29-27-25-23-21-19-17-15-13-11-9-7-2/h9,11,15,17,21,23,27,29,73,77H,6-8,10,12-14,16,18-20,22,24-26,28,30-72H2,1-5H3/b11-9-,17-15-,23-21-,29-27-. The Kier molecular flexibility index (Phi) is 66.0. The average molecular weight is 1210 g/mol. The van der Waals surface area contributed by atoms with Crippen LogP contribution in [0.2, 0.25) is 0 Å². The lowest BCUT2D eigenvalue weighted by Gasteiger charge is -2.26. The summed E-state index contributed by atoms with van der Waals surface area (Å²) in [5, 5.41) is 11.8. The first-order valence-electron chi connectivity index (χ1n) is 37.3. The molecule has 2 unspecified atom stereocenters. The maximum absolute atomic E-state index is 12.9. The van der Waals surface area contributed by atoms with Crippen LogP contribution in [0.3, 0.4) is 0 Å². The predicted octanol–water partition coefficient (Wildman–Crippen LogP) is 22.0. The second kappa shape index (κ2) is 68.2. The molecule has 0 saturated heterocycles. The third kappa shape index (κ3) is 68.7. The number of carbonyl (C=O) groups excluding carboxylic acids is 3. The zero-order valence-electron chi connectivity index (χ0n) is 57.7. The van der Waals surface area contributed by atoms with Gasteiger partial charge in [0.1, 0.15) is 13.2 Å². The summed E-state index contributed by atoms with van der Waals surface area (Å²) in [5.41, 5.74) is 0. The third-order valence-corrected chi connectivity index (χ3v) is 16.8. The van der Waals surface area contributed by atoms with E-state index in [1.165, 1.54) is 270 Å². The van der Waals surface area contributed by atoms with Gasteiger partial charge in [-0.2, -0.15) is 0 Å². The number of allylic oxidation sites excluding steroid dienone is 8. The number of likely N-dealkylation sites (N-methyl/N-ethyl adjacent to an activating group) is 1. The molecule has 0 saturated carbocycles. The molecule has 0 radical (unpaired) electrons. The molecule has 0 aromatic carbocycles. The van der Waals surface area contributed by atoms with Gasteiger partial charge in [0.05, 0.1) is 40.3 Å². The number of rotatable bonds is 70. The van der Waals surface area contributed by atoms with E-state index in [4.69, 9.17) is 18.9 Å². The van der Waals surface area contributed by atoms with Gasteiger partial charge in [-0.3, -0.25) is 9.59 Å². The summed E-state index contributed by atoms with van der Waals surface area (Å²) < 4.78 is 22.8. The topological polar surface area (TPSA) is 111 Å². The van der Waals surface area contributed by atoms with Crippen LogP contribution in [-0.4, -0.2) is 82.3 Å². The van der Waals surface area contributed by atoms with Crippen molar-refractivity contribution in [2.24, 2.45) is 0 Å². The highest BCUT2D eigenvalue weighted by Crippen LogP contribution is 2.19. The maximum atomic E-state index is 12.9. The van der Waals surface area contributed by atoms with Crippen LogP contribution in [0.4, 0.5) is 0 Å². The Morgan fingerprint density at radius 2 is 0.663 bits per heavy atom. The minimum Gasteiger partial charge on any atom is -0.545 e. The van der Waals surface area contributed by atoms with Gasteiger partial charge in [-0.15, -0.1) is 0 Å². The van der Waals surface area contributed by atoms with Crippen molar-refractivity contribution >= 4 is 17.9 Å². The van der Waals surface area contributed by atoms with E-state index in [1.54, 1.807) is 0 Å². The molecule has 0 fully saturated rings. The summed E-state index contributed by atoms with van der Waals surface area (Å²) in [6.07, 6.45) is 85.1. The van der Waals surface area contributed by atoms with Gasteiger partial charge in [0.25, 0.3) is 0 Å². The number of ether oxygens (including phenoxy) is 4. The van der Waals surface area contributed by atoms with Crippen molar-refractivity contribution in [2.45, 2.75) is 379 Å². The van der Waals surface area contributed by atoms with Gasteiger partial charge in [0, 0.05) is 12.8 Å². The summed E-state index contributed by atoms with van der Waals surface area (Å²) in [5.74, 6) is -2.26. The highest BCUT2D eigenvalue weighted by Gasteiger charge is 2.22. The molecule has 9 heteroatoms. The molecule has 0 spiro atoms. The van der Waals surface area contributed by atoms with Gasteiger partial charge >= 0.3 is 11.9 Å². The van der Waals surface area contributed by atoms with Crippen LogP contribution in [0.5, 0.6) is 0 Å². The first kappa shape index (κ1) is 83.2. The van der Waals surface area contributed by atoms with Gasteiger partial charge in [-0.05, 0) is 51.4 Å². The van der Waals surface area contributed by atoms with Crippen LogP contribution < -0.4 is 5.11 Å². The minimum absolute atomic E-state index is 0.148. The molecule has 0 amide bonds. The number of hydrogen-bond acceptors (Lipinski definition) is 8. The molecule has 9 nitrogen and oxygen atoms in total. The van der Waals surface area contributed by atoms with Crippen LogP contribution >= 0.6 is 0 Å². The number of quaternary nitrogens is 1. The summed E-state index contributed by atoms with van der Waals surface area (Å²) in [6, 6.07) is 0. The second-order valence-electron chi connectivity index (χ2n) is 26.6. The Labute approximate surface area is 533 Å². The highest BCUT2D eigenvalue weighted by atomic mass is 16.7. The molecule has 0 bridgehead atoms.